The Kier molecular flexibility index (Phi) is 5.76. The quantitative estimate of drug-likeness (QED) is 0.638. The smallest absolute Gasteiger partial charge is 0.324 e. The second-order valence-electron chi connectivity index (χ2n) is 5.69. The molecule has 0 bridgehead atoms. The molecule has 0 radical (unpaired) electrons. The lowest BCUT2D eigenvalue weighted by atomic mass is 10.3. The summed E-state index contributed by atoms with van der Waals surface area (Å²) in [5.41, 5.74) is -0.0450. The number of para-hydroxylation sites is 1. The number of sulfonamides is 1. The fourth-order valence-corrected chi connectivity index (χ4v) is 3.72. The molecule has 0 spiro atoms. The minimum Gasteiger partial charge on any atom is -0.324 e. The molecule has 1 amide bonds. The van der Waals surface area contributed by atoms with Crippen LogP contribution in [0.4, 0.5) is 11.4 Å². The van der Waals surface area contributed by atoms with Crippen LogP contribution in [0.15, 0.2) is 76.7 Å². The Morgan fingerprint density at radius 3 is 2.64 bits per heavy atom. The van der Waals surface area contributed by atoms with E-state index in [9.17, 15) is 18.0 Å². The molecule has 0 atom stereocenters. The van der Waals surface area contributed by atoms with Gasteiger partial charge < -0.3 is 5.32 Å². The third-order valence-electron chi connectivity index (χ3n) is 3.64. The topological polar surface area (TPSA) is 110 Å². The number of aromatic nitrogens is 2. The Morgan fingerprint density at radius 2 is 1.89 bits per heavy atom. The summed E-state index contributed by atoms with van der Waals surface area (Å²) in [5, 5.41) is 2.82. The van der Waals surface area contributed by atoms with Crippen LogP contribution in [0, 0.1) is 0 Å². The van der Waals surface area contributed by atoms with E-state index in [1.54, 1.807) is 24.3 Å². The third kappa shape index (κ3) is 4.76. The van der Waals surface area contributed by atoms with Crippen LogP contribution in [0.25, 0.3) is 0 Å². The Morgan fingerprint density at radius 1 is 1.11 bits per heavy atom. The molecule has 1 heterocycles. The molecule has 3 rings (SSSR count). The summed E-state index contributed by atoms with van der Waals surface area (Å²) >= 11 is 5.99. The van der Waals surface area contributed by atoms with Crippen LogP contribution in [0.5, 0.6) is 0 Å². The van der Waals surface area contributed by atoms with Crippen molar-refractivity contribution in [2.24, 2.45) is 0 Å². The predicted molar refractivity (Wildman–Crippen MR) is 106 cm³/mol. The number of carbonyl (C=O) groups excluding carboxylic acids is 1. The second kappa shape index (κ2) is 8.24. The summed E-state index contributed by atoms with van der Waals surface area (Å²) in [6.07, 6.45) is 2.76. The number of hydrogen-bond acceptors (Lipinski definition) is 5. The highest BCUT2D eigenvalue weighted by Gasteiger charge is 2.16. The third-order valence-corrected chi connectivity index (χ3v) is 5.34. The lowest BCUT2D eigenvalue weighted by Crippen LogP contribution is -2.28. The molecule has 8 nitrogen and oxygen atoms in total. The SMILES string of the molecule is O=C(Cn1cccnc1=O)Nc1cccc(S(=O)(=O)Nc2ccccc2Cl)c1. The van der Waals surface area contributed by atoms with Crippen LogP contribution in [-0.2, 0) is 21.4 Å². The van der Waals surface area contributed by atoms with Crippen molar-refractivity contribution >= 4 is 38.9 Å². The predicted octanol–water partition coefficient (Wildman–Crippen LogP) is 2.34. The van der Waals surface area contributed by atoms with Crippen LogP contribution < -0.4 is 15.7 Å². The van der Waals surface area contributed by atoms with Crippen LogP contribution in [0.3, 0.4) is 0 Å². The highest BCUT2D eigenvalue weighted by molar-refractivity contribution is 7.92. The van der Waals surface area contributed by atoms with E-state index >= 15 is 0 Å². The zero-order chi connectivity index (χ0) is 20.1. The zero-order valence-electron chi connectivity index (χ0n) is 14.4. The highest BCUT2D eigenvalue weighted by atomic mass is 35.5. The van der Waals surface area contributed by atoms with Gasteiger partial charge in [0.05, 0.1) is 15.6 Å². The van der Waals surface area contributed by atoms with E-state index in [1.165, 1.54) is 42.7 Å². The maximum atomic E-state index is 12.6. The van der Waals surface area contributed by atoms with E-state index in [2.05, 4.69) is 15.0 Å². The summed E-state index contributed by atoms with van der Waals surface area (Å²) in [6, 6.07) is 13.7. The normalized spacial score (nSPS) is 11.0. The maximum Gasteiger partial charge on any atom is 0.347 e. The van der Waals surface area contributed by atoms with E-state index in [1.807, 2.05) is 0 Å². The molecule has 0 aliphatic heterocycles. The van der Waals surface area contributed by atoms with E-state index in [0.29, 0.717) is 0 Å². The second-order valence-corrected chi connectivity index (χ2v) is 7.78. The molecular weight excluding hydrogens is 404 g/mol. The lowest BCUT2D eigenvalue weighted by molar-refractivity contribution is -0.116. The van der Waals surface area contributed by atoms with Gasteiger partial charge in [0.25, 0.3) is 10.0 Å². The number of nitrogens with zero attached hydrogens (tertiary/aromatic N) is 2. The van der Waals surface area contributed by atoms with E-state index in [0.717, 1.165) is 4.57 Å². The van der Waals surface area contributed by atoms with Crippen molar-refractivity contribution in [3.05, 3.63) is 82.5 Å². The van der Waals surface area contributed by atoms with Gasteiger partial charge in [-0.3, -0.25) is 14.1 Å². The van der Waals surface area contributed by atoms with Crippen molar-refractivity contribution < 1.29 is 13.2 Å². The number of halogens is 1. The molecule has 0 fully saturated rings. The lowest BCUT2D eigenvalue weighted by Gasteiger charge is -2.11. The molecular formula is C18H15ClN4O4S. The number of nitrogens with one attached hydrogen (secondary N) is 2. The monoisotopic (exact) mass is 418 g/mol. The van der Waals surface area contributed by atoms with Crippen LogP contribution in [0.1, 0.15) is 0 Å². The van der Waals surface area contributed by atoms with Crippen LogP contribution >= 0.6 is 11.6 Å². The van der Waals surface area contributed by atoms with E-state index in [-0.39, 0.29) is 27.8 Å². The molecule has 0 aliphatic carbocycles. The van der Waals surface area contributed by atoms with Gasteiger partial charge in [-0.1, -0.05) is 29.8 Å². The Labute approximate surface area is 165 Å². The van der Waals surface area contributed by atoms with Crippen molar-refractivity contribution in [1.29, 1.82) is 0 Å². The van der Waals surface area contributed by atoms with Crippen molar-refractivity contribution in [2.75, 3.05) is 10.0 Å². The van der Waals surface area contributed by atoms with Crippen molar-refractivity contribution in [3.8, 4) is 0 Å². The molecule has 10 heteroatoms. The average molecular weight is 419 g/mol. The number of carbonyl (C=O) groups is 1. The Balaban J connectivity index is 1.76. The minimum absolute atomic E-state index is 0.0521. The fourth-order valence-electron chi connectivity index (χ4n) is 2.35. The van der Waals surface area contributed by atoms with Gasteiger partial charge in [-0.05, 0) is 36.4 Å². The molecule has 0 unspecified atom stereocenters. The summed E-state index contributed by atoms with van der Waals surface area (Å²) in [7, 11) is -3.91. The standard InChI is InChI=1S/C18H15ClN4O4S/c19-15-7-1-2-8-16(15)22-28(26,27)14-6-3-5-13(11-14)21-17(24)12-23-10-4-9-20-18(23)25/h1-11,22H,12H2,(H,21,24). The van der Waals surface area contributed by atoms with Gasteiger partial charge in [-0.25, -0.2) is 18.2 Å². The molecule has 2 aromatic carbocycles. The van der Waals surface area contributed by atoms with E-state index < -0.39 is 21.6 Å². The van der Waals surface area contributed by atoms with Gasteiger partial charge in [0.2, 0.25) is 5.91 Å². The number of rotatable bonds is 6. The number of hydrogen-bond donors (Lipinski definition) is 2. The van der Waals surface area contributed by atoms with Crippen molar-refractivity contribution in [2.45, 2.75) is 11.4 Å². The number of anilines is 2. The molecule has 0 aliphatic rings. The minimum atomic E-state index is -3.91. The molecule has 0 saturated heterocycles. The summed E-state index contributed by atoms with van der Waals surface area (Å²) < 4.78 is 28.7. The highest BCUT2D eigenvalue weighted by Crippen LogP contribution is 2.25. The molecule has 144 valence electrons. The maximum absolute atomic E-state index is 12.6. The Hall–Kier alpha value is -3.17. The zero-order valence-corrected chi connectivity index (χ0v) is 15.9. The first-order valence-electron chi connectivity index (χ1n) is 8.04. The summed E-state index contributed by atoms with van der Waals surface area (Å²) in [5.74, 6) is -0.497. The van der Waals surface area contributed by atoms with Gasteiger partial charge in [0.15, 0.2) is 0 Å². The van der Waals surface area contributed by atoms with Gasteiger partial charge >= 0.3 is 5.69 Å². The summed E-state index contributed by atoms with van der Waals surface area (Å²) in [4.78, 5) is 27.2. The first-order chi connectivity index (χ1) is 13.3. The fraction of sp³-hybridized carbons (Fsp3) is 0.0556. The van der Waals surface area contributed by atoms with Crippen LogP contribution in [0.2, 0.25) is 5.02 Å². The number of amides is 1. The first-order valence-corrected chi connectivity index (χ1v) is 9.90. The molecule has 1 aromatic heterocycles. The average Bonchev–Trinajstić information content (AvgIpc) is 2.65. The van der Waals surface area contributed by atoms with Gasteiger partial charge in [-0.2, -0.15) is 0 Å². The number of benzene rings is 2. The summed E-state index contributed by atoms with van der Waals surface area (Å²) in [6.45, 7) is -0.248. The van der Waals surface area contributed by atoms with Gasteiger partial charge in [-0.15, -0.1) is 0 Å². The molecule has 28 heavy (non-hydrogen) atoms. The van der Waals surface area contributed by atoms with Crippen molar-refractivity contribution in [3.63, 3.8) is 0 Å². The van der Waals surface area contributed by atoms with Gasteiger partial charge in [0.1, 0.15) is 6.54 Å². The van der Waals surface area contributed by atoms with Gasteiger partial charge in [0, 0.05) is 18.1 Å². The largest absolute Gasteiger partial charge is 0.347 e. The Bertz CT molecular complexity index is 1180. The molecule has 2 N–H and O–H groups in total. The van der Waals surface area contributed by atoms with Crippen LogP contribution in [-0.4, -0.2) is 23.9 Å². The van der Waals surface area contributed by atoms with Crippen molar-refractivity contribution in [1.82, 2.24) is 9.55 Å². The van der Waals surface area contributed by atoms with E-state index in [4.69, 9.17) is 11.6 Å². The molecule has 0 saturated carbocycles. The molecule has 3 aromatic rings. The first kappa shape index (κ1) is 19.6.